The molecule has 1 unspecified atom stereocenters. The second-order valence-electron chi connectivity index (χ2n) is 19.5. The van der Waals surface area contributed by atoms with Crippen molar-refractivity contribution in [1.29, 1.82) is 0 Å². The van der Waals surface area contributed by atoms with E-state index in [0.717, 1.165) is 154 Å². The molecule has 0 heterocycles. The van der Waals surface area contributed by atoms with Gasteiger partial charge in [0.1, 0.15) is 13.2 Å². The summed E-state index contributed by atoms with van der Waals surface area (Å²) in [5, 5.41) is 0. The zero-order valence-corrected chi connectivity index (χ0v) is 49.1. The monoisotopic (exact) mass is 1060 g/mol. The molecule has 0 aliphatic heterocycles. The molecule has 6 heteroatoms. The van der Waals surface area contributed by atoms with Crippen molar-refractivity contribution in [3.63, 3.8) is 0 Å². The molecular weight excluding hydrogens is 949 g/mol. The molecule has 0 N–H and O–H groups in total. The Kier molecular flexibility index (Phi) is 59.0. The number of unbranched alkanes of at least 4 members (excludes halogenated alkanes) is 14. The highest BCUT2D eigenvalue weighted by molar-refractivity contribution is 5.71. The van der Waals surface area contributed by atoms with Gasteiger partial charge >= 0.3 is 17.9 Å². The van der Waals surface area contributed by atoms with Gasteiger partial charge < -0.3 is 14.2 Å². The first-order valence-corrected chi connectivity index (χ1v) is 30.6. The third-order valence-corrected chi connectivity index (χ3v) is 12.2. The van der Waals surface area contributed by atoms with Crippen LogP contribution < -0.4 is 0 Å². The van der Waals surface area contributed by atoms with Gasteiger partial charge in [0.05, 0.1) is 0 Å². The Morgan fingerprint density at radius 2 is 0.506 bits per heavy atom. The van der Waals surface area contributed by atoms with Crippen LogP contribution in [-0.2, 0) is 28.6 Å². The maximum atomic E-state index is 12.8. The van der Waals surface area contributed by atoms with Gasteiger partial charge in [-0.1, -0.05) is 236 Å². The molecule has 77 heavy (non-hydrogen) atoms. The summed E-state index contributed by atoms with van der Waals surface area (Å²) in [5.41, 5.74) is 0. The standard InChI is InChI=1S/C71H110O6/c1-4-7-10-13-16-19-22-25-27-28-29-30-31-32-33-34-35-36-37-38-39-40-41-42-44-46-49-52-55-58-61-64-70(73)76-67-68(66-75-69(72)63-60-57-54-51-48-45-24-21-18-15-12-9-6-3)77-71(74)65-62-59-56-53-50-47-43-26-23-20-17-14-11-8-5-2/h7-8,10-11,16-17,19-21,24-27,29-30,32-33,35-36,38-39,41-43,46,49-50,53,68H,4-6,9,12-15,18,22-23,28,31,34,37,40,44-45,47-48,51-52,54-67H2,1-3H3/b10-7-,11-8-,19-16-,20-17-,24-21-,27-25-,30-29-,33-32-,36-35-,39-38-,42-41-,43-26-,49-46-,53-50-. The molecule has 0 aromatic heterocycles. The van der Waals surface area contributed by atoms with E-state index in [2.05, 4.69) is 191 Å². The second kappa shape index (κ2) is 63.3. The largest absolute Gasteiger partial charge is 0.462 e. The van der Waals surface area contributed by atoms with Crippen molar-refractivity contribution in [2.24, 2.45) is 0 Å². The van der Waals surface area contributed by atoms with E-state index >= 15 is 0 Å². The van der Waals surface area contributed by atoms with Crippen LogP contribution in [0.5, 0.6) is 0 Å². The van der Waals surface area contributed by atoms with Crippen LogP contribution in [0, 0.1) is 0 Å². The Hall–Kier alpha value is -5.23. The molecule has 0 radical (unpaired) electrons. The van der Waals surface area contributed by atoms with Crippen molar-refractivity contribution in [2.45, 2.75) is 245 Å². The number of ether oxygens (including phenoxy) is 3. The predicted octanol–water partition coefficient (Wildman–Crippen LogP) is 21.1. The average molecular weight is 1060 g/mol. The molecule has 0 saturated heterocycles. The quantitative estimate of drug-likeness (QED) is 0.0261. The van der Waals surface area contributed by atoms with E-state index in [1.807, 2.05) is 0 Å². The van der Waals surface area contributed by atoms with Gasteiger partial charge in [-0.25, -0.2) is 0 Å². The molecule has 0 amide bonds. The number of hydrogen-bond acceptors (Lipinski definition) is 6. The summed E-state index contributed by atoms with van der Waals surface area (Å²) in [6.45, 7) is 6.31. The molecule has 0 fully saturated rings. The van der Waals surface area contributed by atoms with Gasteiger partial charge in [-0.2, -0.15) is 0 Å². The minimum absolute atomic E-state index is 0.117. The van der Waals surface area contributed by atoms with Gasteiger partial charge in [0.25, 0.3) is 0 Å². The minimum atomic E-state index is -0.826. The van der Waals surface area contributed by atoms with E-state index in [1.54, 1.807) is 0 Å². The Morgan fingerprint density at radius 3 is 0.844 bits per heavy atom. The number of rotatable bonds is 53. The molecule has 0 aliphatic rings. The summed E-state index contributed by atoms with van der Waals surface area (Å²) >= 11 is 0. The third-order valence-electron chi connectivity index (χ3n) is 12.2. The predicted molar refractivity (Wildman–Crippen MR) is 334 cm³/mol. The summed E-state index contributed by atoms with van der Waals surface area (Å²) in [6, 6.07) is 0. The van der Waals surface area contributed by atoms with E-state index in [4.69, 9.17) is 14.2 Å². The third kappa shape index (κ3) is 61.5. The van der Waals surface area contributed by atoms with Crippen LogP contribution >= 0.6 is 0 Å². The number of hydrogen-bond donors (Lipinski definition) is 0. The first-order chi connectivity index (χ1) is 38.0. The maximum Gasteiger partial charge on any atom is 0.306 e. The first kappa shape index (κ1) is 71.8. The van der Waals surface area contributed by atoms with Crippen molar-refractivity contribution in [2.75, 3.05) is 13.2 Å². The highest BCUT2D eigenvalue weighted by Crippen LogP contribution is 2.12. The van der Waals surface area contributed by atoms with Crippen LogP contribution in [0.15, 0.2) is 170 Å². The van der Waals surface area contributed by atoms with Crippen molar-refractivity contribution in [3.05, 3.63) is 170 Å². The fourth-order valence-corrected chi connectivity index (χ4v) is 7.65. The van der Waals surface area contributed by atoms with Crippen LogP contribution in [0.2, 0.25) is 0 Å². The van der Waals surface area contributed by atoms with Gasteiger partial charge in [0.2, 0.25) is 0 Å². The molecule has 430 valence electrons. The van der Waals surface area contributed by atoms with Crippen molar-refractivity contribution >= 4 is 17.9 Å². The normalized spacial score (nSPS) is 13.3. The molecule has 0 aromatic carbocycles. The van der Waals surface area contributed by atoms with Crippen LogP contribution in [0.1, 0.15) is 239 Å². The molecule has 0 bridgehead atoms. The molecule has 1 atom stereocenters. The molecular formula is C71H110O6. The first-order valence-electron chi connectivity index (χ1n) is 30.6. The van der Waals surface area contributed by atoms with Crippen LogP contribution in [-0.4, -0.2) is 37.2 Å². The molecule has 0 aromatic rings. The topological polar surface area (TPSA) is 78.9 Å². The fraction of sp³-hybridized carbons (Fsp3) is 0.563. The van der Waals surface area contributed by atoms with Crippen molar-refractivity contribution < 1.29 is 28.6 Å². The zero-order chi connectivity index (χ0) is 55.7. The van der Waals surface area contributed by atoms with Crippen LogP contribution in [0.25, 0.3) is 0 Å². The number of esters is 3. The summed E-state index contributed by atoms with van der Waals surface area (Å²) in [7, 11) is 0. The number of allylic oxidation sites excluding steroid dienone is 28. The Balaban J connectivity index is 4.44. The SMILES string of the molecule is CC/C=C\C/C=C\C/C=C\C/C=C\C/C=C\C/C=C\C/C=C\C/C=C\C/C=C\CCCCCC(=O)OCC(COC(=O)CCCCCCC/C=C\CCCCCC)OC(=O)CCCC/C=C\C/C=C\C/C=C\C/C=C\CC. The minimum Gasteiger partial charge on any atom is -0.462 e. The lowest BCUT2D eigenvalue weighted by Crippen LogP contribution is -2.30. The molecule has 6 nitrogen and oxygen atoms in total. The zero-order valence-electron chi connectivity index (χ0n) is 49.1. The lowest BCUT2D eigenvalue weighted by molar-refractivity contribution is -0.167. The van der Waals surface area contributed by atoms with E-state index in [0.29, 0.717) is 19.3 Å². The molecule has 0 aliphatic carbocycles. The maximum absolute atomic E-state index is 12.8. The highest BCUT2D eigenvalue weighted by Gasteiger charge is 2.19. The Labute approximate surface area is 472 Å². The van der Waals surface area contributed by atoms with Gasteiger partial charge in [0, 0.05) is 19.3 Å². The smallest absolute Gasteiger partial charge is 0.306 e. The van der Waals surface area contributed by atoms with Crippen molar-refractivity contribution in [3.8, 4) is 0 Å². The lowest BCUT2D eigenvalue weighted by atomic mass is 10.1. The van der Waals surface area contributed by atoms with Crippen LogP contribution in [0.3, 0.4) is 0 Å². The van der Waals surface area contributed by atoms with Gasteiger partial charge in [-0.3, -0.25) is 14.4 Å². The van der Waals surface area contributed by atoms with Crippen LogP contribution in [0.4, 0.5) is 0 Å². The van der Waals surface area contributed by atoms with Crippen molar-refractivity contribution in [1.82, 2.24) is 0 Å². The number of carbonyl (C=O) groups excluding carboxylic acids is 3. The molecule has 0 saturated carbocycles. The summed E-state index contributed by atoms with van der Waals surface area (Å²) in [4.78, 5) is 38.2. The van der Waals surface area contributed by atoms with E-state index in [9.17, 15) is 14.4 Å². The van der Waals surface area contributed by atoms with Gasteiger partial charge in [-0.15, -0.1) is 0 Å². The van der Waals surface area contributed by atoms with E-state index < -0.39 is 6.10 Å². The fourth-order valence-electron chi connectivity index (χ4n) is 7.65. The molecule has 0 spiro atoms. The van der Waals surface area contributed by atoms with Gasteiger partial charge in [-0.05, 0) is 154 Å². The Bertz CT molecular complexity index is 1790. The summed E-state index contributed by atoms with van der Waals surface area (Å²) < 4.78 is 16.8. The van der Waals surface area contributed by atoms with E-state index in [1.165, 1.54) is 38.5 Å². The lowest BCUT2D eigenvalue weighted by Gasteiger charge is -2.18. The summed E-state index contributed by atoms with van der Waals surface area (Å²) in [5.74, 6) is -1.01. The second-order valence-corrected chi connectivity index (χ2v) is 19.5. The summed E-state index contributed by atoms with van der Waals surface area (Å²) in [6.07, 6.45) is 93.6. The molecule has 0 rings (SSSR count). The highest BCUT2D eigenvalue weighted by atomic mass is 16.6. The van der Waals surface area contributed by atoms with E-state index in [-0.39, 0.29) is 37.5 Å². The average Bonchev–Trinajstić information content (AvgIpc) is 3.43. The number of carbonyl (C=O) groups is 3. The Morgan fingerprint density at radius 1 is 0.273 bits per heavy atom. The van der Waals surface area contributed by atoms with Gasteiger partial charge in [0.15, 0.2) is 6.10 Å².